The number of thioether (sulfide) groups is 1. The normalized spacial score (nSPS) is 11.3. The van der Waals surface area contributed by atoms with Crippen molar-refractivity contribution in [2.45, 2.75) is 44.0 Å². The first-order chi connectivity index (χ1) is 14.2. The van der Waals surface area contributed by atoms with E-state index in [0.29, 0.717) is 0 Å². The predicted molar refractivity (Wildman–Crippen MR) is 123 cm³/mol. The molecule has 0 aliphatic carbocycles. The van der Waals surface area contributed by atoms with E-state index in [-0.39, 0.29) is 0 Å². The fourth-order valence-electron chi connectivity index (χ4n) is 2.60. The second-order valence-corrected chi connectivity index (χ2v) is 8.40. The number of rotatable bonds is 10. The van der Waals surface area contributed by atoms with Gasteiger partial charge in [0, 0.05) is 16.6 Å². The van der Waals surface area contributed by atoms with Crippen molar-refractivity contribution >= 4 is 33.9 Å². The van der Waals surface area contributed by atoms with Gasteiger partial charge in [-0.05, 0) is 60.4 Å². The van der Waals surface area contributed by atoms with Crippen molar-refractivity contribution in [2.75, 3.05) is 6.61 Å². The Morgan fingerprint density at radius 2 is 1.79 bits per heavy atom. The minimum Gasteiger partial charge on any atom is -0.494 e. The van der Waals surface area contributed by atoms with Gasteiger partial charge in [-0.15, -0.1) is 10.2 Å². The third kappa shape index (κ3) is 6.44. The second kappa shape index (κ2) is 11.2. The lowest BCUT2D eigenvalue weighted by molar-refractivity contribution is 0.317. The van der Waals surface area contributed by atoms with Gasteiger partial charge in [0.15, 0.2) is 5.82 Å². The topological polar surface area (TPSA) is 52.3 Å². The third-order valence-corrected chi connectivity index (χ3v) is 5.63. The molecule has 0 N–H and O–H groups in total. The molecule has 2 aromatic carbocycles. The van der Waals surface area contributed by atoms with Crippen molar-refractivity contribution in [3.8, 4) is 5.75 Å². The van der Waals surface area contributed by atoms with Crippen molar-refractivity contribution in [3.05, 3.63) is 70.0 Å². The fraction of sp³-hybridized carbons (Fsp3) is 0.318. The van der Waals surface area contributed by atoms with Crippen LogP contribution in [0.1, 0.15) is 43.6 Å². The molecule has 0 saturated carbocycles. The molecule has 0 amide bonds. The lowest BCUT2D eigenvalue weighted by Crippen LogP contribution is -2.00. The number of halogens is 1. The van der Waals surface area contributed by atoms with Gasteiger partial charge in [0.05, 0.1) is 12.8 Å². The van der Waals surface area contributed by atoms with E-state index >= 15 is 0 Å². The molecular formula is C22H25BrN4OS. The third-order valence-electron chi connectivity index (χ3n) is 4.11. The van der Waals surface area contributed by atoms with E-state index in [1.807, 2.05) is 35.2 Å². The van der Waals surface area contributed by atoms with Crippen LogP contribution in [0.3, 0.4) is 0 Å². The van der Waals surface area contributed by atoms with Gasteiger partial charge in [0.1, 0.15) is 5.75 Å². The van der Waals surface area contributed by atoms with E-state index in [4.69, 9.17) is 4.74 Å². The molecule has 1 heterocycles. The summed E-state index contributed by atoms with van der Waals surface area (Å²) in [6, 6.07) is 16.3. The summed E-state index contributed by atoms with van der Waals surface area (Å²) < 4.78 is 8.57. The quantitative estimate of drug-likeness (QED) is 0.270. The summed E-state index contributed by atoms with van der Waals surface area (Å²) in [6.07, 6.45) is 4.68. The van der Waals surface area contributed by atoms with Crippen LogP contribution in [0.5, 0.6) is 5.75 Å². The molecule has 0 fully saturated rings. The Balaban J connectivity index is 1.73. The molecule has 0 aliphatic heterocycles. The smallest absolute Gasteiger partial charge is 0.212 e. The van der Waals surface area contributed by atoms with Crippen LogP contribution in [0.25, 0.3) is 0 Å². The zero-order chi connectivity index (χ0) is 20.5. The van der Waals surface area contributed by atoms with Crippen molar-refractivity contribution in [1.29, 1.82) is 0 Å². The molecule has 5 nitrogen and oxygen atoms in total. The van der Waals surface area contributed by atoms with E-state index in [2.05, 4.69) is 69.3 Å². The number of aromatic nitrogens is 3. The number of nitrogens with zero attached hydrogens (tertiary/aromatic N) is 4. The van der Waals surface area contributed by atoms with E-state index in [1.54, 1.807) is 11.8 Å². The molecular weight excluding hydrogens is 448 g/mol. The van der Waals surface area contributed by atoms with E-state index in [0.717, 1.165) is 58.4 Å². The summed E-state index contributed by atoms with van der Waals surface area (Å²) in [5.41, 5.74) is 2.24. The molecule has 7 heteroatoms. The molecule has 0 unspecified atom stereocenters. The van der Waals surface area contributed by atoms with Crippen LogP contribution < -0.4 is 4.74 Å². The molecule has 0 atom stereocenters. The number of hydrogen-bond acceptors (Lipinski definition) is 5. The Morgan fingerprint density at radius 1 is 1.03 bits per heavy atom. The van der Waals surface area contributed by atoms with Gasteiger partial charge in [-0.25, -0.2) is 0 Å². The Morgan fingerprint density at radius 3 is 2.48 bits per heavy atom. The Bertz CT molecular complexity index is 923. The summed E-state index contributed by atoms with van der Waals surface area (Å²) in [7, 11) is 0. The van der Waals surface area contributed by atoms with Gasteiger partial charge in [0.25, 0.3) is 0 Å². The van der Waals surface area contributed by atoms with Crippen LogP contribution in [-0.4, -0.2) is 27.7 Å². The number of benzene rings is 2. The Hall–Kier alpha value is -2.12. The van der Waals surface area contributed by atoms with Gasteiger partial charge in [0.2, 0.25) is 5.16 Å². The van der Waals surface area contributed by atoms with Crippen LogP contribution in [0.2, 0.25) is 0 Å². The first kappa shape index (κ1) is 21.6. The van der Waals surface area contributed by atoms with Crippen molar-refractivity contribution in [3.63, 3.8) is 0 Å². The lowest BCUT2D eigenvalue weighted by atomic mass is 10.2. The maximum absolute atomic E-state index is 5.64. The molecule has 0 radical (unpaired) electrons. The second-order valence-electron chi connectivity index (χ2n) is 6.54. The summed E-state index contributed by atoms with van der Waals surface area (Å²) >= 11 is 5.11. The molecule has 29 heavy (non-hydrogen) atoms. The first-order valence-corrected chi connectivity index (χ1v) is 11.6. The van der Waals surface area contributed by atoms with Gasteiger partial charge in [-0.2, -0.15) is 9.78 Å². The zero-order valence-electron chi connectivity index (χ0n) is 16.7. The molecule has 1 aromatic heterocycles. The van der Waals surface area contributed by atoms with Gasteiger partial charge in [-0.3, -0.25) is 0 Å². The Labute approximate surface area is 184 Å². The average molecular weight is 473 g/mol. The van der Waals surface area contributed by atoms with Crippen molar-refractivity contribution in [1.82, 2.24) is 14.9 Å². The highest BCUT2D eigenvalue weighted by molar-refractivity contribution is 9.10. The average Bonchev–Trinajstić information content (AvgIpc) is 3.13. The predicted octanol–water partition coefficient (Wildman–Crippen LogP) is 5.96. The lowest BCUT2D eigenvalue weighted by Gasteiger charge is -2.05. The highest BCUT2D eigenvalue weighted by atomic mass is 79.9. The molecule has 0 spiro atoms. The zero-order valence-corrected chi connectivity index (χ0v) is 19.1. The van der Waals surface area contributed by atoms with Crippen LogP contribution in [0.15, 0.2) is 63.3 Å². The largest absolute Gasteiger partial charge is 0.494 e. The van der Waals surface area contributed by atoms with Gasteiger partial charge >= 0.3 is 0 Å². The minimum absolute atomic E-state index is 0.730. The van der Waals surface area contributed by atoms with Crippen LogP contribution in [0.4, 0.5) is 0 Å². The SMILES string of the molecule is CCCOc1ccc(/C=N\n2c(CCC)nnc2SCc2ccc(Br)cc2)cc1. The number of ether oxygens (including phenoxy) is 1. The monoisotopic (exact) mass is 472 g/mol. The van der Waals surface area contributed by atoms with E-state index in [1.165, 1.54) is 5.56 Å². The number of aryl methyl sites for hydroxylation is 1. The Kier molecular flexibility index (Phi) is 8.31. The van der Waals surface area contributed by atoms with Crippen molar-refractivity contribution in [2.24, 2.45) is 5.10 Å². The fourth-order valence-corrected chi connectivity index (χ4v) is 3.73. The molecule has 0 saturated heterocycles. The molecule has 152 valence electrons. The summed E-state index contributed by atoms with van der Waals surface area (Å²) in [6.45, 7) is 4.96. The van der Waals surface area contributed by atoms with E-state index in [9.17, 15) is 0 Å². The van der Waals surface area contributed by atoms with Gasteiger partial charge < -0.3 is 4.74 Å². The summed E-state index contributed by atoms with van der Waals surface area (Å²) in [5, 5.41) is 14.2. The van der Waals surface area contributed by atoms with Crippen LogP contribution in [0, 0.1) is 0 Å². The highest BCUT2D eigenvalue weighted by Gasteiger charge is 2.11. The van der Waals surface area contributed by atoms with Crippen LogP contribution >= 0.6 is 27.7 Å². The summed E-state index contributed by atoms with van der Waals surface area (Å²) in [5.74, 6) is 2.58. The maximum Gasteiger partial charge on any atom is 0.212 e. The summed E-state index contributed by atoms with van der Waals surface area (Å²) in [4.78, 5) is 0. The standard InChI is InChI=1S/C22H25BrN4OS/c1-3-5-21-25-26-22(29-16-18-6-10-19(23)11-7-18)27(21)24-15-17-8-12-20(13-9-17)28-14-4-2/h6-13,15H,3-5,14,16H2,1-2H3/b24-15-. The maximum atomic E-state index is 5.64. The molecule has 3 aromatic rings. The van der Waals surface area contributed by atoms with Crippen LogP contribution in [-0.2, 0) is 12.2 Å². The molecule has 0 bridgehead atoms. The van der Waals surface area contributed by atoms with Crippen molar-refractivity contribution < 1.29 is 4.74 Å². The first-order valence-electron chi connectivity index (χ1n) is 9.78. The number of hydrogen-bond donors (Lipinski definition) is 0. The highest BCUT2D eigenvalue weighted by Crippen LogP contribution is 2.23. The molecule has 3 rings (SSSR count). The van der Waals surface area contributed by atoms with E-state index < -0.39 is 0 Å². The van der Waals surface area contributed by atoms with Gasteiger partial charge in [-0.1, -0.05) is 53.7 Å². The minimum atomic E-state index is 0.730. The molecule has 0 aliphatic rings.